The molecule has 2 N–H and O–H groups in total. The molecule has 1 fully saturated rings. The summed E-state index contributed by atoms with van der Waals surface area (Å²) >= 11 is 6.33. The average molecular weight is 390 g/mol. The highest BCUT2D eigenvalue weighted by atomic mass is 35.5. The van der Waals surface area contributed by atoms with E-state index >= 15 is 0 Å². The maximum atomic E-state index is 12.4. The Morgan fingerprint density at radius 1 is 1.22 bits per heavy atom. The Kier molecular flexibility index (Phi) is 6.60. The van der Waals surface area contributed by atoms with Crippen molar-refractivity contribution in [3.8, 4) is 0 Å². The fraction of sp³-hybridized carbons (Fsp3) is 0.421. The van der Waals surface area contributed by atoms with E-state index in [1.807, 2.05) is 26.0 Å². The minimum absolute atomic E-state index is 0.222. The summed E-state index contributed by atoms with van der Waals surface area (Å²) < 4.78 is 5.32. The number of aryl methyl sites for hydroxylation is 2. The van der Waals surface area contributed by atoms with Crippen molar-refractivity contribution in [1.29, 1.82) is 0 Å². The zero-order valence-electron chi connectivity index (χ0n) is 15.6. The van der Waals surface area contributed by atoms with Gasteiger partial charge in [-0.2, -0.15) is 0 Å². The summed E-state index contributed by atoms with van der Waals surface area (Å²) in [5.74, 6) is 0.303. The third-order valence-electron chi connectivity index (χ3n) is 4.40. The Morgan fingerprint density at radius 3 is 2.74 bits per heavy atom. The average Bonchev–Trinajstić information content (AvgIpc) is 2.66. The van der Waals surface area contributed by atoms with Crippen LogP contribution in [0.2, 0.25) is 5.02 Å². The number of nitrogens with one attached hydrogen (secondary N) is 2. The number of anilines is 2. The van der Waals surface area contributed by atoms with E-state index in [0.717, 1.165) is 49.7 Å². The van der Waals surface area contributed by atoms with Crippen LogP contribution in [0.5, 0.6) is 0 Å². The highest BCUT2D eigenvalue weighted by molar-refractivity contribution is 6.33. The van der Waals surface area contributed by atoms with Gasteiger partial charge < -0.3 is 15.4 Å². The van der Waals surface area contributed by atoms with Crippen LogP contribution >= 0.6 is 11.6 Å². The molecule has 1 aliphatic heterocycles. The van der Waals surface area contributed by atoms with Gasteiger partial charge in [-0.05, 0) is 31.0 Å². The number of hydrogen-bond donors (Lipinski definition) is 2. The third-order valence-corrected chi connectivity index (χ3v) is 4.70. The van der Waals surface area contributed by atoms with Crippen molar-refractivity contribution in [3.63, 3.8) is 0 Å². The van der Waals surface area contributed by atoms with Gasteiger partial charge in [0.2, 0.25) is 0 Å². The van der Waals surface area contributed by atoms with Crippen molar-refractivity contribution in [2.24, 2.45) is 0 Å². The number of nitrogens with zero attached hydrogens (tertiary/aromatic N) is 3. The summed E-state index contributed by atoms with van der Waals surface area (Å²) in [7, 11) is 0. The van der Waals surface area contributed by atoms with Gasteiger partial charge in [-0.25, -0.2) is 9.97 Å². The third kappa shape index (κ3) is 5.38. The number of halogens is 1. The fourth-order valence-corrected chi connectivity index (χ4v) is 3.36. The number of benzene rings is 1. The lowest BCUT2D eigenvalue weighted by atomic mass is 10.1. The number of carbonyl (C=O) groups excluding carboxylic acids is 1. The van der Waals surface area contributed by atoms with Crippen molar-refractivity contribution in [1.82, 2.24) is 20.2 Å². The molecule has 8 heteroatoms. The predicted octanol–water partition coefficient (Wildman–Crippen LogP) is 2.55. The number of amides is 1. The van der Waals surface area contributed by atoms with Crippen molar-refractivity contribution in [3.05, 3.63) is 46.4 Å². The molecule has 0 spiro atoms. The number of hydrogen-bond acceptors (Lipinski definition) is 6. The fourth-order valence-electron chi connectivity index (χ4n) is 2.99. The van der Waals surface area contributed by atoms with E-state index in [1.54, 1.807) is 6.07 Å². The molecule has 3 rings (SSSR count). The topological polar surface area (TPSA) is 79.4 Å². The second-order valence-corrected chi connectivity index (χ2v) is 6.97. The molecule has 0 radical (unpaired) electrons. The van der Waals surface area contributed by atoms with Crippen molar-refractivity contribution in [2.45, 2.75) is 13.8 Å². The van der Waals surface area contributed by atoms with Crippen molar-refractivity contribution in [2.75, 3.05) is 44.7 Å². The number of rotatable bonds is 6. The summed E-state index contributed by atoms with van der Waals surface area (Å²) in [5, 5.41) is 6.70. The van der Waals surface area contributed by atoms with Crippen molar-refractivity contribution < 1.29 is 9.53 Å². The van der Waals surface area contributed by atoms with E-state index in [0.29, 0.717) is 23.1 Å². The summed E-state index contributed by atoms with van der Waals surface area (Å²) in [4.78, 5) is 22.9. The first-order chi connectivity index (χ1) is 13.0. The van der Waals surface area contributed by atoms with Crippen LogP contribution in [-0.4, -0.2) is 60.2 Å². The molecule has 7 nitrogen and oxygen atoms in total. The van der Waals surface area contributed by atoms with Gasteiger partial charge in [-0.1, -0.05) is 17.7 Å². The zero-order valence-corrected chi connectivity index (χ0v) is 16.3. The van der Waals surface area contributed by atoms with Gasteiger partial charge in [0.1, 0.15) is 17.8 Å². The highest BCUT2D eigenvalue weighted by Crippen LogP contribution is 2.29. The van der Waals surface area contributed by atoms with Crippen LogP contribution in [0.25, 0.3) is 0 Å². The van der Waals surface area contributed by atoms with Gasteiger partial charge >= 0.3 is 0 Å². The van der Waals surface area contributed by atoms with Crippen LogP contribution < -0.4 is 10.6 Å². The van der Waals surface area contributed by atoms with Gasteiger partial charge in [0.15, 0.2) is 0 Å². The first-order valence-corrected chi connectivity index (χ1v) is 9.35. The molecule has 0 bridgehead atoms. The monoisotopic (exact) mass is 389 g/mol. The van der Waals surface area contributed by atoms with Gasteiger partial charge in [-0.3, -0.25) is 9.69 Å². The first kappa shape index (κ1) is 19.5. The van der Waals surface area contributed by atoms with Crippen LogP contribution in [0.15, 0.2) is 24.5 Å². The minimum Gasteiger partial charge on any atom is -0.379 e. The molecule has 0 saturated carbocycles. The first-order valence-electron chi connectivity index (χ1n) is 8.97. The Hall–Kier alpha value is -2.22. The molecule has 27 heavy (non-hydrogen) atoms. The van der Waals surface area contributed by atoms with Gasteiger partial charge in [0, 0.05) is 32.2 Å². The maximum Gasteiger partial charge on any atom is 0.270 e. The molecular weight excluding hydrogens is 366 g/mol. The van der Waals surface area contributed by atoms with Crippen molar-refractivity contribution >= 4 is 29.0 Å². The number of aromatic nitrogens is 2. The number of ether oxygens (including phenoxy) is 1. The summed E-state index contributed by atoms with van der Waals surface area (Å²) in [6.45, 7) is 8.61. The van der Waals surface area contributed by atoms with Crippen LogP contribution in [0.1, 0.15) is 21.6 Å². The van der Waals surface area contributed by atoms with Crippen LogP contribution in [0.3, 0.4) is 0 Å². The normalized spacial score (nSPS) is 14.8. The smallest absolute Gasteiger partial charge is 0.270 e. The van der Waals surface area contributed by atoms with Crippen LogP contribution in [-0.2, 0) is 4.74 Å². The molecule has 144 valence electrons. The SMILES string of the molecule is Cc1cc(C)c(Nc2cc(C(=O)NCCN3CCOCC3)ncn2)c(Cl)c1. The number of carbonyl (C=O) groups is 1. The second-order valence-electron chi connectivity index (χ2n) is 6.56. The lowest BCUT2D eigenvalue weighted by Gasteiger charge is -2.26. The number of morpholine rings is 1. The Balaban J connectivity index is 1.60. The van der Waals surface area contributed by atoms with E-state index in [2.05, 4.69) is 25.5 Å². The summed E-state index contributed by atoms with van der Waals surface area (Å²) in [5.41, 5.74) is 3.19. The highest BCUT2D eigenvalue weighted by Gasteiger charge is 2.13. The molecule has 1 amide bonds. The van der Waals surface area contributed by atoms with E-state index in [1.165, 1.54) is 6.33 Å². The van der Waals surface area contributed by atoms with E-state index in [-0.39, 0.29) is 5.91 Å². The lowest BCUT2D eigenvalue weighted by molar-refractivity contribution is 0.0383. The Bertz CT molecular complexity index is 785. The molecule has 0 aliphatic carbocycles. The van der Waals surface area contributed by atoms with E-state index < -0.39 is 0 Å². The molecule has 1 aliphatic rings. The van der Waals surface area contributed by atoms with E-state index in [4.69, 9.17) is 16.3 Å². The Labute approximate surface area is 164 Å². The van der Waals surface area contributed by atoms with Crippen LogP contribution in [0.4, 0.5) is 11.5 Å². The van der Waals surface area contributed by atoms with Gasteiger partial charge in [0.25, 0.3) is 5.91 Å². The predicted molar refractivity (Wildman–Crippen MR) is 106 cm³/mol. The summed E-state index contributed by atoms with van der Waals surface area (Å²) in [6, 6.07) is 5.55. The molecule has 1 saturated heterocycles. The lowest BCUT2D eigenvalue weighted by Crippen LogP contribution is -2.41. The molecule has 0 atom stereocenters. The molecular formula is C19H24ClN5O2. The maximum absolute atomic E-state index is 12.4. The molecule has 0 unspecified atom stereocenters. The quantitative estimate of drug-likeness (QED) is 0.790. The van der Waals surface area contributed by atoms with E-state index in [9.17, 15) is 4.79 Å². The molecule has 2 heterocycles. The Morgan fingerprint density at radius 2 is 2.00 bits per heavy atom. The zero-order chi connectivity index (χ0) is 19.2. The van der Waals surface area contributed by atoms with Gasteiger partial charge in [0.05, 0.1) is 23.9 Å². The minimum atomic E-state index is -0.222. The largest absolute Gasteiger partial charge is 0.379 e. The van der Waals surface area contributed by atoms with Crippen LogP contribution in [0, 0.1) is 13.8 Å². The second kappa shape index (κ2) is 9.12. The summed E-state index contributed by atoms with van der Waals surface area (Å²) in [6.07, 6.45) is 1.37. The molecule has 1 aromatic carbocycles. The molecule has 2 aromatic rings. The molecule has 1 aromatic heterocycles. The van der Waals surface area contributed by atoms with Gasteiger partial charge in [-0.15, -0.1) is 0 Å². The standard InChI is InChI=1S/C19H24ClN5O2/c1-13-9-14(2)18(15(20)10-13)24-17-11-16(22-12-23-17)19(26)21-3-4-25-5-7-27-8-6-25/h9-12H,3-8H2,1-2H3,(H,21,26)(H,22,23,24).